The SMILES string of the molecule is CC1(C)CCC[N+]1(C)C.[Cl-]. The van der Waals surface area contributed by atoms with Crippen molar-refractivity contribution >= 4 is 0 Å². The zero-order valence-corrected chi connectivity index (χ0v) is 8.20. The van der Waals surface area contributed by atoms with Gasteiger partial charge in [-0.15, -0.1) is 0 Å². The molecule has 0 N–H and O–H groups in total. The van der Waals surface area contributed by atoms with E-state index in [0.29, 0.717) is 5.54 Å². The normalized spacial score (nSPS) is 27.6. The fourth-order valence-electron chi connectivity index (χ4n) is 1.51. The molecular weight excluding hydrogens is 146 g/mol. The number of nitrogens with zero attached hydrogens (tertiary/aromatic N) is 1. The van der Waals surface area contributed by atoms with E-state index in [1.165, 1.54) is 23.9 Å². The van der Waals surface area contributed by atoms with Gasteiger partial charge >= 0.3 is 0 Å². The molecule has 0 unspecified atom stereocenters. The minimum Gasteiger partial charge on any atom is -1.00 e. The van der Waals surface area contributed by atoms with Gasteiger partial charge in [0.2, 0.25) is 0 Å². The number of hydrogen-bond acceptors (Lipinski definition) is 0. The molecule has 0 aliphatic carbocycles. The average molecular weight is 164 g/mol. The molecule has 1 rings (SSSR count). The molecule has 1 aliphatic rings. The Morgan fingerprint density at radius 1 is 1.20 bits per heavy atom. The van der Waals surface area contributed by atoms with Crippen molar-refractivity contribution in [3.63, 3.8) is 0 Å². The average Bonchev–Trinajstić information content (AvgIpc) is 1.81. The highest BCUT2D eigenvalue weighted by Crippen LogP contribution is 2.32. The Morgan fingerprint density at radius 3 is 1.80 bits per heavy atom. The van der Waals surface area contributed by atoms with Crippen LogP contribution in [0.2, 0.25) is 0 Å². The maximum Gasteiger partial charge on any atom is 0.0933 e. The van der Waals surface area contributed by atoms with Gasteiger partial charge in [0.25, 0.3) is 0 Å². The Labute approximate surface area is 70.4 Å². The van der Waals surface area contributed by atoms with E-state index in [-0.39, 0.29) is 12.4 Å². The van der Waals surface area contributed by atoms with Gasteiger partial charge in [-0.05, 0) is 13.8 Å². The van der Waals surface area contributed by atoms with Crippen molar-refractivity contribution in [1.82, 2.24) is 0 Å². The highest BCUT2D eigenvalue weighted by Gasteiger charge is 2.40. The molecular formula is C8H18ClN. The van der Waals surface area contributed by atoms with Crippen LogP contribution in [0.25, 0.3) is 0 Å². The summed E-state index contributed by atoms with van der Waals surface area (Å²) in [6, 6.07) is 0. The number of likely N-dealkylation sites (tertiary alicyclic amines) is 1. The van der Waals surface area contributed by atoms with E-state index in [9.17, 15) is 0 Å². The van der Waals surface area contributed by atoms with Crippen molar-refractivity contribution < 1.29 is 16.9 Å². The summed E-state index contributed by atoms with van der Waals surface area (Å²) in [5.74, 6) is 0. The van der Waals surface area contributed by atoms with Crippen LogP contribution in [0.1, 0.15) is 26.7 Å². The smallest absolute Gasteiger partial charge is 0.0933 e. The van der Waals surface area contributed by atoms with E-state index in [2.05, 4.69) is 27.9 Å². The van der Waals surface area contributed by atoms with Crippen LogP contribution in [0, 0.1) is 0 Å². The van der Waals surface area contributed by atoms with E-state index in [1.54, 1.807) is 0 Å². The Bertz CT molecular complexity index is 104. The molecule has 1 aliphatic heterocycles. The van der Waals surface area contributed by atoms with Crippen LogP contribution in [0.5, 0.6) is 0 Å². The summed E-state index contributed by atoms with van der Waals surface area (Å²) in [5, 5.41) is 0. The first kappa shape index (κ1) is 10.2. The fourth-order valence-corrected chi connectivity index (χ4v) is 1.51. The first-order valence-electron chi connectivity index (χ1n) is 3.79. The molecule has 0 bridgehead atoms. The van der Waals surface area contributed by atoms with Crippen molar-refractivity contribution in [2.24, 2.45) is 0 Å². The zero-order chi connectivity index (χ0) is 7.12. The van der Waals surface area contributed by atoms with Crippen molar-refractivity contribution in [1.29, 1.82) is 0 Å². The van der Waals surface area contributed by atoms with Gasteiger partial charge in [0, 0.05) is 12.8 Å². The molecule has 2 heteroatoms. The lowest BCUT2D eigenvalue weighted by molar-refractivity contribution is -0.924. The number of halogens is 1. The van der Waals surface area contributed by atoms with Crippen LogP contribution in [-0.2, 0) is 0 Å². The fraction of sp³-hybridized carbons (Fsp3) is 1.00. The molecule has 0 aromatic heterocycles. The van der Waals surface area contributed by atoms with E-state index >= 15 is 0 Å². The third kappa shape index (κ3) is 1.46. The summed E-state index contributed by atoms with van der Waals surface area (Å²) < 4.78 is 1.20. The van der Waals surface area contributed by atoms with Gasteiger partial charge < -0.3 is 16.9 Å². The molecule has 0 amide bonds. The van der Waals surface area contributed by atoms with E-state index < -0.39 is 0 Å². The second kappa shape index (κ2) is 2.71. The highest BCUT2D eigenvalue weighted by atomic mass is 35.5. The lowest BCUT2D eigenvalue weighted by atomic mass is 10.0. The van der Waals surface area contributed by atoms with Gasteiger partial charge in [-0.25, -0.2) is 0 Å². The zero-order valence-electron chi connectivity index (χ0n) is 7.45. The molecule has 1 heterocycles. The van der Waals surface area contributed by atoms with Gasteiger partial charge in [0.15, 0.2) is 0 Å². The summed E-state index contributed by atoms with van der Waals surface area (Å²) in [6.07, 6.45) is 2.79. The van der Waals surface area contributed by atoms with Crippen LogP contribution in [0.3, 0.4) is 0 Å². The molecule has 0 aromatic rings. The lowest BCUT2D eigenvalue weighted by Crippen LogP contribution is -3.00. The second-order valence-electron chi connectivity index (χ2n) is 4.32. The van der Waals surface area contributed by atoms with Gasteiger partial charge in [-0.1, -0.05) is 0 Å². The van der Waals surface area contributed by atoms with Crippen LogP contribution in [0.4, 0.5) is 0 Å². The maximum absolute atomic E-state index is 2.36. The number of hydrogen-bond donors (Lipinski definition) is 0. The lowest BCUT2D eigenvalue weighted by Gasteiger charge is -2.38. The van der Waals surface area contributed by atoms with Crippen LogP contribution < -0.4 is 12.4 Å². The van der Waals surface area contributed by atoms with Gasteiger partial charge in [0.1, 0.15) is 0 Å². The number of quaternary nitrogens is 1. The summed E-state index contributed by atoms with van der Waals surface area (Å²) >= 11 is 0. The maximum atomic E-state index is 2.36. The Balaban J connectivity index is 0.000000810. The van der Waals surface area contributed by atoms with E-state index in [4.69, 9.17) is 0 Å². The predicted octanol–water partition coefficient (Wildman–Crippen LogP) is -1.36. The van der Waals surface area contributed by atoms with Crippen molar-refractivity contribution in [3.05, 3.63) is 0 Å². The van der Waals surface area contributed by atoms with Crippen LogP contribution >= 0.6 is 0 Å². The van der Waals surface area contributed by atoms with Crippen molar-refractivity contribution in [3.8, 4) is 0 Å². The number of rotatable bonds is 0. The third-order valence-corrected chi connectivity index (χ3v) is 3.14. The molecule has 0 radical (unpaired) electrons. The largest absolute Gasteiger partial charge is 1.00 e. The Kier molecular flexibility index (Phi) is 2.77. The molecule has 1 nitrogen and oxygen atoms in total. The summed E-state index contributed by atoms with van der Waals surface area (Å²) in [7, 11) is 4.65. The first-order chi connectivity index (χ1) is 3.96. The standard InChI is InChI=1S/C8H18N.ClH/c1-8(2)6-5-7-9(8,3)4;/h5-7H2,1-4H3;1H/q+1;/p-1. The molecule has 1 saturated heterocycles. The van der Waals surface area contributed by atoms with Crippen molar-refractivity contribution in [2.45, 2.75) is 32.2 Å². The van der Waals surface area contributed by atoms with Gasteiger partial charge in [-0.3, -0.25) is 0 Å². The van der Waals surface area contributed by atoms with Crippen LogP contribution in [0.15, 0.2) is 0 Å². The molecule has 10 heavy (non-hydrogen) atoms. The molecule has 0 atom stereocenters. The molecule has 62 valence electrons. The molecule has 0 saturated carbocycles. The van der Waals surface area contributed by atoms with E-state index in [0.717, 1.165) is 0 Å². The molecule has 0 aromatic carbocycles. The van der Waals surface area contributed by atoms with Crippen LogP contribution in [-0.4, -0.2) is 30.7 Å². The summed E-state index contributed by atoms with van der Waals surface area (Å²) in [6.45, 7) is 6.08. The Morgan fingerprint density at radius 2 is 1.70 bits per heavy atom. The summed E-state index contributed by atoms with van der Waals surface area (Å²) in [5.41, 5.74) is 0.528. The second-order valence-corrected chi connectivity index (χ2v) is 4.32. The van der Waals surface area contributed by atoms with Gasteiger partial charge in [-0.2, -0.15) is 0 Å². The third-order valence-electron chi connectivity index (χ3n) is 3.14. The quantitative estimate of drug-likeness (QED) is 0.387. The minimum absolute atomic E-state index is 0. The predicted molar refractivity (Wildman–Crippen MR) is 40.3 cm³/mol. The topological polar surface area (TPSA) is 0 Å². The monoisotopic (exact) mass is 163 g/mol. The van der Waals surface area contributed by atoms with Gasteiger partial charge in [0.05, 0.1) is 26.2 Å². The highest BCUT2D eigenvalue weighted by molar-refractivity contribution is 4.74. The van der Waals surface area contributed by atoms with E-state index in [1.807, 2.05) is 0 Å². The molecule has 0 spiro atoms. The van der Waals surface area contributed by atoms with Crippen molar-refractivity contribution in [2.75, 3.05) is 20.6 Å². The summed E-state index contributed by atoms with van der Waals surface area (Å²) in [4.78, 5) is 0. The Hall–Kier alpha value is 0.250. The minimum atomic E-state index is 0. The molecule has 1 fully saturated rings. The first-order valence-corrected chi connectivity index (χ1v) is 3.79.